The molecular formula is C18H27N3O. The van der Waals surface area contributed by atoms with E-state index >= 15 is 0 Å². The van der Waals surface area contributed by atoms with Gasteiger partial charge in [-0.1, -0.05) is 30.3 Å². The zero-order valence-corrected chi connectivity index (χ0v) is 13.7. The number of hydrogen-bond acceptors (Lipinski definition) is 2. The summed E-state index contributed by atoms with van der Waals surface area (Å²) in [7, 11) is 3.65. The van der Waals surface area contributed by atoms with Gasteiger partial charge in [0.05, 0.1) is 0 Å². The lowest BCUT2D eigenvalue weighted by Gasteiger charge is -2.33. The lowest BCUT2D eigenvalue weighted by Crippen LogP contribution is -2.45. The molecule has 2 amide bonds. The van der Waals surface area contributed by atoms with Crippen LogP contribution < -0.4 is 5.32 Å². The maximum Gasteiger partial charge on any atom is 0.319 e. The molecule has 0 bridgehead atoms. The first-order valence-electron chi connectivity index (χ1n) is 8.39. The highest BCUT2D eigenvalue weighted by molar-refractivity contribution is 5.73. The van der Waals surface area contributed by atoms with Gasteiger partial charge in [-0.05, 0) is 37.3 Å². The van der Waals surface area contributed by atoms with Crippen molar-refractivity contribution < 1.29 is 4.79 Å². The molecule has 1 saturated carbocycles. The molecule has 120 valence electrons. The van der Waals surface area contributed by atoms with Crippen molar-refractivity contribution in [2.75, 3.05) is 33.7 Å². The fourth-order valence-electron chi connectivity index (χ4n) is 3.42. The Morgan fingerprint density at radius 3 is 2.55 bits per heavy atom. The number of likely N-dealkylation sites (tertiary alicyclic amines) is 1. The lowest BCUT2D eigenvalue weighted by atomic mass is 9.97. The Labute approximate surface area is 133 Å². The third-order valence-corrected chi connectivity index (χ3v) is 4.95. The first-order valence-corrected chi connectivity index (χ1v) is 8.39. The van der Waals surface area contributed by atoms with Crippen LogP contribution in [0.2, 0.25) is 0 Å². The number of hydrogen-bond donors (Lipinski definition) is 1. The standard InChI is InChI=1S/C18H27N3O/c1-20(2)18(22)21-10-8-14(9-11-21)13-19-17-12-16(17)15-6-4-3-5-7-15/h3-7,14,16-17,19H,8-13H2,1-2H3. The quantitative estimate of drug-likeness (QED) is 0.927. The van der Waals surface area contributed by atoms with Gasteiger partial charge in [0.15, 0.2) is 0 Å². The molecule has 2 aliphatic rings. The zero-order chi connectivity index (χ0) is 15.5. The summed E-state index contributed by atoms with van der Waals surface area (Å²) in [5.74, 6) is 1.42. The maximum absolute atomic E-state index is 11.9. The van der Waals surface area contributed by atoms with Crippen molar-refractivity contribution in [1.29, 1.82) is 0 Å². The maximum atomic E-state index is 11.9. The molecule has 2 atom stereocenters. The molecule has 22 heavy (non-hydrogen) atoms. The van der Waals surface area contributed by atoms with Gasteiger partial charge in [0.1, 0.15) is 0 Å². The number of urea groups is 1. The first kappa shape index (κ1) is 15.3. The summed E-state index contributed by atoms with van der Waals surface area (Å²) in [6, 6.07) is 11.6. The summed E-state index contributed by atoms with van der Waals surface area (Å²) in [5, 5.41) is 3.73. The number of nitrogens with zero attached hydrogens (tertiary/aromatic N) is 2. The highest BCUT2D eigenvalue weighted by Gasteiger charge is 2.38. The SMILES string of the molecule is CN(C)C(=O)N1CCC(CNC2CC2c2ccccc2)CC1. The number of carbonyl (C=O) groups is 1. The van der Waals surface area contributed by atoms with E-state index in [2.05, 4.69) is 35.6 Å². The van der Waals surface area contributed by atoms with Gasteiger partial charge >= 0.3 is 6.03 Å². The molecule has 1 aromatic rings. The topological polar surface area (TPSA) is 35.6 Å². The van der Waals surface area contributed by atoms with Crippen LogP contribution in [-0.2, 0) is 0 Å². The fraction of sp³-hybridized carbons (Fsp3) is 0.611. The molecule has 1 heterocycles. The molecule has 1 saturated heterocycles. The largest absolute Gasteiger partial charge is 0.331 e. The second kappa shape index (κ2) is 6.69. The van der Waals surface area contributed by atoms with Crippen LogP contribution in [0.4, 0.5) is 4.79 Å². The predicted octanol–water partition coefficient (Wildman–Crippen LogP) is 2.53. The van der Waals surface area contributed by atoms with Crippen molar-refractivity contribution in [1.82, 2.24) is 15.1 Å². The van der Waals surface area contributed by atoms with Crippen molar-refractivity contribution in [3.63, 3.8) is 0 Å². The van der Waals surface area contributed by atoms with E-state index in [0.717, 1.165) is 32.5 Å². The predicted molar refractivity (Wildman–Crippen MR) is 89.0 cm³/mol. The Morgan fingerprint density at radius 1 is 1.23 bits per heavy atom. The Balaban J connectivity index is 1.37. The number of piperidine rings is 1. The molecule has 4 nitrogen and oxygen atoms in total. The minimum Gasteiger partial charge on any atom is -0.331 e. The molecular weight excluding hydrogens is 274 g/mol. The van der Waals surface area contributed by atoms with E-state index in [0.29, 0.717) is 17.9 Å². The molecule has 2 unspecified atom stereocenters. The summed E-state index contributed by atoms with van der Waals surface area (Å²) in [4.78, 5) is 15.6. The fourth-order valence-corrected chi connectivity index (χ4v) is 3.42. The van der Waals surface area contributed by atoms with E-state index in [1.54, 1.807) is 4.90 Å². The summed E-state index contributed by atoms with van der Waals surface area (Å²) < 4.78 is 0. The smallest absolute Gasteiger partial charge is 0.319 e. The Morgan fingerprint density at radius 2 is 1.91 bits per heavy atom. The van der Waals surface area contributed by atoms with Gasteiger partial charge in [-0.3, -0.25) is 0 Å². The highest BCUT2D eigenvalue weighted by atomic mass is 16.2. The van der Waals surface area contributed by atoms with Gasteiger partial charge < -0.3 is 15.1 Å². The molecule has 0 aromatic heterocycles. The van der Waals surface area contributed by atoms with Crippen LogP contribution in [0.3, 0.4) is 0 Å². The van der Waals surface area contributed by atoms with E-state index in [-0.39, 0.29) is 6.03 Å². The van der Waals surface area contributed by atoms with E-state index in [1.165, 1.54) is 12.0 Å². The average molecular weight is 301 g/mol. The molecule has 4 heteroatoms. The molecule has 1 aliphatic carbocycles. The third-order valence-electron chi connectivity index (χ3n) is 4.95. The zero-order valence-electron chi connectivity index (χ0n) is 13.7. The Bertz CT molecular complexity index is 494. The van der Waals surface area contributed by atoms with Gasteiger partial charge in [-0.2, -0.15) is 0 Å². The van der Waals surface area contributed by atoms with Crippen LogP contribution in [0.15, 0.2) is 30.3 Å². The first-order chi connectivity index (χ1) is 10.6. The van der Waals surface area contributed by atoms with Crippen LogP contribution >= 0.6 is 0 Å². The van der Waals surface area contributed by atoms with E-state index in [1.807, 2.05) is 19.0 Å². The van der Waals surface area contributed by atoms with E-state index in [9.17, 15) is 4.79 Å². The number of benzene rings is 1. The second-order valence-corrected chi connectivity index (χ2v) is 6.88. The van der Waals surface area contributed by atoms with Crippen LogP contribution in [0.25, 0.3) is 0 Å². The minimum atomic E-state index is 0.151. The number of amides is 2. The van der Waals surface area contributed by atoms with Gasteiger partial charge in [0.25, 0.3) is 0 Å². The molecule has 0 radical (unpaired) electrons. The Kier molecular flexibility index (Phi) is 4.67. The van der Waals surface area contributed by atoms with Crippen molar-refractivity contribution >= 4 is 6.03 Å². The lowest BCUT2D eigenvalue weighted by molar-refractivity contribution is 0.147. The van der Waals surface area contributed by atoms with Crippen LogP contribution in [0.5, 0.6) is 0 Å². The van der Waals surface area contributed by atoms with Crippen molar-refractivity contribution in [2.24, 2.45) is 5.92 Å². The molecule has 2 fully saturated rings. The summed E-state index contributed by atoms with van der Waals surface area (Å²) in [5.41, 5.74) is 1.46. The van der Waals surface area contributed by atoms with Gasteiger partial charge in [-0.15, -0.1) is 0 Å². The summed E-state index contributed by atoms with van der Waals surface area (Å²) in [6.07, 6.45) is 3.51. The van der Waals surface area contributed by atoms with Gasteiger partial charge in [0.2, 0.25) is 0 Å². The monoisotopic (exact) mass is 301 g/mol. The van der Waals surface area contributed by atoms with E-state index in [4.69, 9.17) is 0 Å². The molecule has 0 spiro atoms. The van der Waals surface area contributed by atoms with Crippen LogP contribution in [-0.4, -0.2) is 55.6 Å². The van der Waals surface area contributed by atoms with Crippen molar-refractivity contribution in [2.45, 2.75) is 31.2 Å². The highest BCUT2D eigenvalue weighted by Crippen LogP contribution is 2.40. The van der Waals surface area contributed by atoms with E-state index < -0.39 is 0 Å². The van der Waals surface area contributed by atoms with Crippen LogP contribution in [0.1, 0.15) is 30.7 Å². The number of rotatable bonds is 4. The molecule has 1 aromatic carbocycles. The molecule has 1 aliphatic heterocycles. The second-order valence-electron chi connectivity index (χ2n) is 6.88. The van der Waals surface area contributed by atoms with Gasteiger partial charge in [0, 0.05) is 39.1 Å². The van der Waals surface area contributed by atoms with Crippen molar-refractivity contribution in [3.05, 3.63) is 35.9 Å². The number of carbonyl (C=O) groups excluding carboxylic acids is 1. The third kappa shape index (κ3) is 3.61. The molecule has 1 N–H and O–H groups in total. The summed E-state index contributed by atoms with van der Waals surface area (Å²) >= 11 is 0. The van der Waals surface area contributed by atoms with Crippen LogP contribution in [0, 0.1) is 5.92 Å². The normalized spacial score (nSPS) is 25.1. The summed E-state index contributed by atoms with van der Waals surface area (Å²) in [6.45, 7) is 2.89. The Hall–Kier alpha value is -1.55. The molecule has 3 rings (SSSR count). The average Bonchev–Trinajstić information content (AvgIpc) is 3.33. The van der Waals surface area contributed by atoms with Gasteiger partial charge in [-0.25, -0.2) is 4.79 Å². The number of nitrogens with one attached hydrogen (secondary N) is 1. The minimum absolute atomic E-state index is 0.151. The van der Waals surface area contributed by atoms with Crippen molar-refractivity contribution in [3.8, 4) is 0 Å².